The molecule has 0 saturated heterocycles. The van der Waals surface area contributed by atoms with Crippen molar-refractivity contribution >= 4 is 18.8 Å². The van der Waals surface area contributed by atoms with Crippen molar-refractivity contribution in [1.82, 2.24) is 5.32 Å². The zero-order valence-electron chi connectivity index (χ0n) is 8.00. The van der Waals surface area contributed by atoms with Crippen molar-refractivity contribution in [2.24, 2.45) is 4.99 Å². The number of aliphatic imine (C=N–C) groups is 1. The number of aliphatic hydroxyl groups excluding tert-OH is 1. The van der Waals surface area contributed by atoms with Gasteiger partial charge in [0, 0.05) is 30.1 Å². The summed E-state index contributed by atoms with van der Waals surface area (Å²) in [6.45, 7) is 1.75. The first-order valence-electron chi connectivity index (χ1n) is 3.87. The van der Waals surface area contributed by atoms with E-state index in [1.54, 1.807) is 13.1 Å². The Morgan fingerprint density at radius 3 is 2.80 bits per heavy atom. The maximum Gasteiger partial charge on any atom is 0.196 e. The summed E-state index contributed by atoms with van der Waals surface area (Å²) in [5.41, 5.74) is 0. The first-order valence-corrected chi connectivity index (χ1v) is 4.32. The summed E-state index contributed by atoms with van der Waals surface area (Å²) in [6, 6.07) is 4.79. The van der Waals surface area contributed by atoms with E-state index < -0.39 is 6.23 Å². The van der Waals surface area contributed by atoms with E-state index in [-0.39, 0.29) is 0 Å². The van der Waals surface area contributed by atoms with Crippen molar-refractivity contribution in [3.63, 3.8) is 0 Å². The van der Waals surface area contributed by atoms with E-state index in [2.05, 4.69) is 69.9 Å². The van der Waals surface area contributed by atoms with Crippen LogP contribution in [0.3, 0.4) is 0 Å². The smallest absolute Gasteiger partial charge is 0.196 e. The van der Waals surface area contributed by atoms with Crippen LogP contribution in [0, 0.1) is 46.9 Å². The molecule has 15 heavy (non-hydrogen) atoms. The highest BCUT2D eigenvalue weighted by Crippen LogP contribution is 1.69. The summed E-state index contributed by atoms with van der Waals surface area (Å²) in [5.74, 6) is 12.0. The molecule has 0 amide bonds. The molecule has 2 N–H and O–H groups in total. The van der Waals surface area contributed by atoms with E-state index in [4.69, 9.17) is 5.11 Å². The Kier molecular flexibility index (Phi) is 8.77. The lowest BCUT2D eigenvalue weighted by molar-refractivity contribution is 0.215. The minimum atomic E-state index is -1.06. The third kappa shape index (κ3) is 9.94. The lowest BCUT2D eigenvalue weighted by atomic mass is 10.5. The summed E-state index contributed by atoms with van der Waals surface area (Å²) < 4.78 is 0. The molecule has 0 aromatic carbocycles. The van der Waals surface area contributed by atoms with Gasteiger partial charge in [0.25, 0.3) is 0 Å². The highest BCUT2D eigenvalue weighted by atomic mass is 32.1. The Morgan fingerprint density at radius 1 is 1.33 bits per heavy atom. The molecular formula is C11H8N2OS. The highest BCUT2D eigenvalue weighted by molar-refractivity contribution is 7.85. The molecule has 0 aliphatic carbocycles. The van der Waals surface area contributed by atoms with Crippen LogP contribution in [0.15, 0.2) is 4.99 Å². The second-order valence-electron chi connectivity index (χ2n) is 1.93. The predicted octanol–water partition coefficient (Wildman–Crippen LogP) is -0.199. The van der Waals surface area contributed by atoms with Crippen molar-refractivity contribution < 1.29 is 5.11 Å². The minimum Gasteiger partial charge on any atom is -0.363 e. The number of thiol groups is 1. The van der Waals surface area contributed by atoms with Crippen molar-refractivity contribution in [2.45, 2.75) is 13.2 Å². The molecule has 0 heterocycles. The Hall–Kier alpha value is -1.98. The Labute approximate surface area is 94.8 Å². The minimum absolute atomic E-state index is 1.06. The summed E-state index contributed by atoms with van der Waals surface area (Å²) in [6.07, 6.45) is 0.490. The molecule has 1 unspecified atom stereocenters. The van der Waals surface area contributed by atoms with E-state index in [0.29, 0.717) is 0 Å². The van der Waals surface area contributed by atoms with Crippen molar-refractivity contribution in [2.75, 3.05) is 0 Å². The molecule has 0 rings (SSSR count). The molecule has 0 radical (unpaired) electrons. The van der Waals surface area contributed by atoms with Gasteiger partial charge in [-0.1, -0.05) is 12.6 Å². The molecule has 0 spiro atoms. The summed E-state index contributed by atoms with van der Waals surface area (Å²) in [5, 5.41) is 13.8. The summed E-state index contributed by atoms with van der Waals surface area (Å²) in [7, 11) is 0. The van der Waals surface area contributed by atoms with Crippen molar-refractivity contribution in [3.8, 4) is 46.9 Å². The largest absolute Gasteiger partial charge is 0.363 e. The second kappa shape index (κ2) is 10.1. The van der Waals surface area contributed by atoms with Crippen LogP contribution in [0.25, 0.3) is 0 Å². The van der Waals surface area contributed by atoms with Gasteiger partial charge in [-0.15, -0.1) is 0 Å². The van der Waals surface area contributed by atoms with Gasteiger partial charge < -0.3 is 10.4 Å². The molecule has 0 aliphatic heterocycles. The predicted molar refractivity (Wildman–Crippen MR) is 63.4 cm³/mol. The highest BCUT2D eigenvalue weighted by Gasteiger charge is 1.89. The fourth-order valence-corrected chi connectivity index (χ4v) is 0.485. The standard InChI is InChI=1S/C11H8N2OS/c1-2-12-8-4-3-7-11(14)13-9-5-6-10-15/h2,11,13-15H,1H3. The molecule has 1 atom stereocenters. The zero-order chi connectivity index (χ0) is 11.4. The topological polar surface area (TPSA) is 44.6 Å². The van der Waals surface area contributed by atoms with Crippen molar-refractivity contribution in [1.29, 1.82) is 0 Å². The number of hydrogen-bond donors (Lipinski definition) is 3. The van der Waals surface area contributed by atoms with Gasteiger partial charge in [0.15, 0.2) is 6.23 Å². The van der Waals surface area contributed by atoms with Crippen molar-refractivity contribution in [3.05, 3.63) is 0 Å². The van der Waals surface area contributed by atoms with Crippen LogP contribution in [0.4, 0.5) is 0 Å². The monoisotopic (exact) mass is 216 g/mol. The van der Waals surface area contributed by atoms with E-state index in [9.17, 15) is 0 Å². The van der Waals surface area contributed by atoms with Gasteiger partial charge in [-0.2, -0.15) is 0 Å². The van der Waals surface area contributed by atoms with Crippen LogP contribution in [-0.4, -0.2) is 17.5 Å². The van der Waals surface area contributed by atoms with Gasteiger partial charge in [0.1, 0.15) is 0 Å². The van der Waals surface area contributed by atoms with E-state index in [1.807, 2.05) is 0 Å². The van der Waals surface area contributed by atoms with Gasteiger partial charge >= 0.3 is 0 Å². The van der Waals surface area contributed by atoms with Crippen LogP contribution >= 0.6 is 12.6 Å². The fraction of sp³-hybridized carbons (Fsp3) is 0.182. The quantitative estimate of drug-likeness (QED) is 0.187. The van der Waals surface area contributed by atoms with E-state index in [1.165, 1.54) is 0 Å². The third-order valence-electron chi connectivity index (χ3n) is 0.911. The summed E-state index contributed by atoms with van der Waals surface area (Å²) in [4.78, 5) is 3.61. The lowest BCUT2D eigenvalue weighted by Gasteiger charge is -1.96. The van der Waals surface area contributed by atoms with Crippen LogP contribution in [0.5, 0.6) is 0 Å². The van der Waals surface area contributed by atoms with Crippen LogP contribution < -0.4 is 5.32 Å². The Bertz CT molecular complexity index is 452. The van der Waals surface area contributed by atoms with Crippen LogP contribution in [0.2, 0.25) is 0 Å². The normalized spacial score (nSPS) is 9.00. The van der Waals surface area contributed by atoms with Crippen LogP contribution in [0.1, 0.15) is 6.92 Å². The number of hydrogen-bond acceptors (Lipinski definition) is 4. The molecule has 0 bridgehead atoms. The van der Waals surface area contributed by atoms with Gasteiger partial charge in [-0.3, -0.25) is 0 Å². The van der Waals surface area contributed by atoms with Gasteiger partial charge in [0.05, 0.1) is 0 Å². The van der Waals surface area contributed by atoms with Gasteiger partial charge in [-0.25, -0.2) is 4.99 Å². The molecule has 74 valence electrons. The van der Waals surface area contributed by atoms with Crippen LogP contribution in [-0.2, 0) is 0 Å². The molecule has 0 aromatic rings. The third-order valence-corrected chi connectivity index (χ3v) is 1.02. The van der Waals surface area contributed by atoms with Gasteiger partial charge in [0.2, 0.25) is 0 Å². The maximum atomic E-state index is 9.14. The Morgan fingerprint density at radius 2 is 2.13 bits per heavy atom. The van der Waals surface area contributed by atoms with E-state index >= 15 is 0 Å². The van der Waals surface area contributed by atoms with E-state index in [0.717, 1.165) is 0 Å². The fourth-order valence-electron chi connectivity index (χ4n) is 0.429. The first-order chi connectivity index (χ1) is 7.31. The average molecular weight is 216 g/mol. The average Bonchev–Trinajstić information content (AvgIpc) is 2.24. The molecule has 0 fully saturated rings. The number of nitrogens with zero attached hydrogens (tertiary/aromatic N) is 1. The molecule has 4 heteroatoms. The molecule has 0 aliphatic rings. The molecule has 3 nitrogen and oxygen atoms in total. The van der Waals surface area contributed by atoms with Gasteiger partial charge in [-0.05, 0) is 29.9 Å². The Balaban J connectivity index is 4.04. The molecular weight excluding hydrogens is 208 g/mol. The lowest BCUT2D eigenvalue weighted by Crippen LogP contribution is -2.21. The molecule has 0 saturated carbocycles. The second-order valence-corrected chi connectivity index (χ2v) is 2.15. The molecule has 0 aromatic heterocycles. The number of rotatable bonds is 1. The summed E-state index contributed by atoms with van der Waals surface area (Å²) >= 11 is 3.62. The number of nitrogens with one attached hydrogen (secondary N) is 1. The first kappa shape index (κ1) is 13.0. The number of aliphatic hydroxyl groups is 1. The SMILES string of the molecule is CC=NC#CC#CC(O)NC#CC#CS. The maximum absolute atomic E-state index is 9.14. The zero-order valence-corrected chi connectivity index (χ0v) is 8.89.